The second-order valence-electron chi connectivity index (χ2n) is 5.24. The molecule has 1 atom stereocenters. The number of hydrogen-bond donors (Lipinski definition) is 0. The quantitative estimate of drug-likeness (QED) is 0.643. The molecule has 0 saturated heterocycles. The van der Waals surface area contributed by atoms with Gasteiger partial charge in [0.15, 0.2) is 0 Å². The summed E-state index contributed by atoms with van der Waals surface area (Å²) in [6.07, 6.45) is 4.83. The van der Waals surface area contributed by atoms with Crippen LogP contribution >= 0.6 is 15.9 Å². The van der Waals surface area contributed by atoms with E-state index < -0.39 is 0 Å². The van der Waals surface area contributed by atoms with Crippen LogP contribution in [0.4, 0.5) is 0 Å². The summed E-state index contributed by atoms with van der Waals surface area (Å²) in [4.78, 5) is 14.6. The van der Waals surface area contributed by atoms with Crippen LogP contribution in [0.1, 0.15) is 56.8 Å². The van der Waals surface area contributed by atoms with E-state index in [0.717, 1.165) is 29.5 Å². The Hall–Kier alpha value is -0.830. The lowest BCUT2D eigenvalue weighted by Crippen LogP contribution is -2.35. The summed E-state index contributed by atoms with van der Waals surface area (Å²) >= 11 is 3.47. The van der Waals surface area contributed by atoms with Gasteiger partial charge in [0.05, 0.1) is 5.56 Å². The van der Waals surface area contributed by atoms with Crippen LogP contribution in [0.5, 0.6) is 0 Å². The summed E-state index contributed by atoms with van der Waals surface area (Å²) in [5.41, 5.74) is 0.764. The third-order valence-corrected chi connectivity index (χ3v) is 4.49. The summed E-state index contributed by atoms with van der Waals surface area (Å²) in [5.74, 6) is 0.747. The van der Waals surface area contributed by atoms with Crippen molar-refractivity contribution in [1.29, 1.82) is 0 Å². The Morgan fingerprint density at radius 3 is 2.50 bits per heavy atom. The number of hydrogen-bond acceptors (Lipinski definition) is 1. The summed E-state index contributed by atoms with van der Waals surface area (Å²) in [6.45, 7) is 8.13. The first-order valence-electron chi connectivity index (χ1n) is 7.67. The van der Waals surface area contributed by atoms with Gasteiger partial charge in [-0.1, -0.05) is 45.2 Å². The average Bonchev–Trinajstić information content (AvgIpc) is 2.47. The van der Waals surface area contributed by atoms with E-state index in [2.05, 4.69) is 36.7 Å². The van der Waals surface area contributed by atoms with Gasteiger partial charge in [-0.15, -0.1) is 0 Å². The van der Waals surface area contributed by atoms with Crippen LogP contribution < -0.4 is 0 Å². The molecule has 0 bridgehead atoms. The molecule has 1 rings (SSSR count). The van der Waals surface area contributed by atoms with Crippen LogP contribution in [0.25, 0.3) is 0 Å². The Balaban J connectivity index is 2.74. The van der Waals surface area contributed by atoms with Gasteiger partial charge in [0.25, 0.3) is 5.91 Å². The second kappa shape index (κ2) is 9.17. The van der Waals surface area contributed by atoms with Crippen molar-refractivity contribution in [3.05, 3.63) is 34.3 Å². The van der Waals surface area contributed by atoms with Crippen LogP contribution in [0.3, 0.4) is 0 Å². The minimum Gasteiger partial charge on any atom is -0.339 e. The van der Waals surface area contributed by atoms with Gasteiger partial charge in [-0.2, -0.15) is 0 Å². The van der Waals surface area contributed by atoms with Gasteiger partial charge in [-0.25, -0.2) is 0 Å². The molecule has 112 valence electrons. The number of rotatable bonds is 8. The van der Waals surface area contributed by atoms with Gasteiger partial charge < -0.3 is 4.90 Å². The Morgan fingerprint density at radius 1 is 1.25 bits per heavy atom. The highest BCUT2D eigenvalue weighted by molar-refractivity contribution is 9.10. The van der Waals surface area contributed by atoms with Crippen LogP contribution in [-0.2, 0) is 0 Å². The molecule has 0 spiro atoms. The number of carbonyl (C=O) groups is 1. The maximum atomic E-state index is 12.6. The van der Waals surface area contributed by atoms with Crippen molar-refractivity contribution in [2.45, 2.75) is 46.5 Å². The highest BCUT2D eigenvalue weighted by Crippen LogP contribution is 2.20. The van der Waals surface area contributed by atoms with E-state index in [1.807, 2.05) is 29.2 Å². The molecular weight excluding hydrogens is 314 g/mol. The predicted molar refractivity (Wildman–Crippen MR) is 89.0 cm³/mol. The van der Waals surface area contributed by atoms with Gasteiger partial charge >= 0.3 is 0 Å². The molecule has 1 amide bonds. The Kier molecular flexibility index (Phi) is 7.90. The number of halogens is 1. The fourth-order valence-corrected chi connectivity index (χ4v) is 2.84. The van der Waals surface area contributed by atoms with E-state index in [0.29, 0.717) is 5.92 Å². The first kappa shape index (κ1) is 17.2. The minimum atomic E-state index is 0.134. The van der Waals surface area contributed by atoms with Gasteiger partial charge in [0.1, 0.15) is 0 Å². The van der Waals surface area contributed by atoms with Crippen molar-refractivity contribution in [2.75, 3.05) is 13.1 Å². The van der Waals surface area contributed by atoms with Crippen molar-refractivity contribution in [3.63, 3.8) is 0 Å². The lowest BCUT2D eigenvalue weighted by atomic mass is 9.98. The minimum absolute atomic E-state index is 0.134. The molecule has 0 heterocycles. The molecule has 0 radical (unpaired) electrons. The zero-order valence-corrected chi connectivity index (χ0v) is 14.4. The van der Waals surface area contributed by atoms with Crippen LogP contribution in [-0.4, -0.2) is 23.9 Å². The zero-order valence-electron chi connectivity index (χ0n) is 12.9. The van der Waals surface area contributed by atoms with Gasteiger partial charge in [0.2, 0.25) is 0 Å². The molecule has 3 heteroatoms. The van der Waals surface area contributed by atoms with Crippen LogP contribution in [0.2, 0.25) is 0 Å². The number of unbranched alkanes of at least 4 members (excludes halogenated alkanes) is 1. The molecule has 1 aromatic carbocycles. The lowest BCUT2D eigenvalue weighted by Gasteiger charge is -2.26. The molecule has 0 aliphatic heterocycles. The Morgan fingerprint density at radius 2 is 1.95 bits per heavy atom. The summed E-state index contributed by atoms with van der Waals surface area (Å²) < 4.78 is 0.880. The summed E-state index contributed by atoms with van der Waals surface area (Å²) in [7, 11) is 0. The van der Waals surface area contributed by atoms with Gasteiger partial charge in [-0.05, 0) is 47.3 Å². The second-order valence-corrected chi connectivity index (χ2v) is 6.09. The maximum Gasteiger partial charge on any atom is 0.254 e. The van der Waals surface area contributed by atoms with E-state index in [1.54, 1.807) is 0 Å². The van der Waals surface area contributed by atoms with E-state index in [-0.39, 0.29) is 5.91 Å². The standard InChI is InChI=1S/C17H26BrNO/c1-4-7-10-14(5-2)13-19(6-3)17(20)15-11-8-9-12-16(15)18/h8-9,11-12,14H,4-7,10,13H2,1-3H3. The molecule has 20 heavy (non-hydrogen) atoms. The summed E-state index contributed by atoms with van der Waals surface area (Å²) in [5, 5.41) is 0. The van der Waals surface area contributed by atoms with Crippen molar-refractivity contribution in [1.82, 2.24) is 4.90 Å². The number of amides is 1. The fraction of sp³-hybridized carbons (Fsp3) is 0.588. The first-order valence-corrected chi connectivity index (χ1v) is 8.47. The molecule has 0 saturated carbocycles. The van der Waals surface area contributed by atoms with E-state index in [4.69, 9.17) is 0 Å². The normalized spacial score (nSPS) is 12.2. The molecule has 0 fully saturated rings. The molecule has 2 nitrogen and oxygen atoms in total. The molecule has 1 aromatic rings. The van der Waals surface area contributed by atoms with Crippen molar-refractivity contribution in [3.8, 4) is 0 Å². The molecule has 0 N–H and O–H groups in total. The van der Waals surface area contributed by atoms with E-state index in [1.165, 1.54) is 19.3 Å². The topological polar surface area (TPSA) is 20.3 Å². The SMILES string of the molecule is CCCCC(CC)CN(CC)C(=O)c1ccccc1Br. The number of carbonyl (C=O) groups excluding carboxylic acids is 1. The Labute approximate surface area is 131 Å². The largest absolute Gasteiger partial charge is 0.339 e. The fourth-order valence-electron chi connectivity index (χ4n) is 2.39. The highest BCUT2D eigenvalue weighted by atomic mass is 79.9. The van der Waals surface area contributed by atoms with Crippen molar-refractivity contribution >= 4 is 21.8 Å². The summed E-state index contributed by atoms with van der Waals surface area (Å²) in [6, 6.07) is 7.67. The monoisotopic (exact) mass is 339 g/mol. The zero-order chi connectivity index (χ0) is 15.0. The molecular formula is C17H26BrNO. The molecule has 0 aliphatic carbocycles. The highest BCUT2D eigenvalue weighted by Gasteiger charge is 2.19. The van der Waals surface area contributed by atoms with Crippen LogP contribution in [0.15, 0.2) is 28.7 Å². The van der Waals surface area contributed by atoms with E-state index >= 15 is 0 Å². The van der Waals surface area contributed by atoms with Crippen LogP contribution in [0, 0.1) is 5.92 Å². The molecule has 1 unspecified atom stereocenters. The van der Waals surface area contributed by atoms with Gasteiger partial charge in [0, 0.05) is 17.6 Å². The van der Waals surface area contributed by atoms with Crippen molar-refractivity contribution in [2.24, 2.45) is 5.92 Å². The van der Waals surface area contributed by atoms with E-state index in [9.17, 15) is 4.79 Å². The van der Waals surface area contributed by atoms with Crippen molar-refractivity contribution < 1.29 is 4.79 Å². The first-order chi connectivity index (χ1) is 9.63. The number of nitrogens with zero attached hydrogens (tertiary/aromatic N) is 1. The average molecular weight is 340 g/mol. The third-order valence-electron chi connectivity index (χ3n) is 3.80. The predicted octanol–water partition coefficient (Wildman–Crippen LogP) is 5.13. The van der Waals surface area contributed by atoms with Gasteiger partial charge in [-0.3, -0.25) is 4.79 Å². The lowest BCUT2D eigenvalue weighted by molar-refractivity contribution is 0.0731. The number of benzene rings is 1. The third kappa shape index (κ3) is 4.93. The Bertz CT molecular complexity index is 419. The molecule has 0 aliphatic rings. The smallest absolute Gasteiger partial charge is 0.254 e. The molecule has 0 aromatic heterocycles. The maximum absolute atomic E-state index is 12.6.